The zero-order valence-corrected chi connectivity index (χ0v) is 17.4. The highest BCUT2D eigenvalue weighted by molar-refractivity contribution is 6.44. The number of hydrogen-bond acceptors (Lipinski definition) is 4. The fourth-order valence-corrected chi connectivity index (χ4v) is 2.53. The number of halogens is 2. The SMILES string of the molecule is CC(C)(C)C(=N)CC(=Nc1cccc(N)c1)NC(=O)Nc1cccc(Cl)c1Cl. The van der Waals surface area contributed by atoms with Gasteiger partial charge in [0, 0.05) is 17.8 Å². The first-order valence-electron chi connectivity index (χ1n) is 8.59. The highest BCUT2D eigenvalue weighted by Gasteiger charge is 2.20. The summed E-state index contributed by atoms with van der Waals surface area (Å²) in [5.74, 6) is 0.321. The van der Waals surface area contributed by atoms with Gasteiger partial charge in [-0.2, -0.15) is 0 Å². The fourth-order valence-electron chi connectivity index (χ4n) is 2.18. The van der Waals surface area contributed by atoms with Crippen LogP contribution in [-0.2, 0) is 0 Å². The number of nitrogen functional groups attached to an aromatic ring is 1. The van der Waals surface area contributed by atoms with Crippen LogP contribution in [0.2, 0.25) is 10.0 Å². The number of anilines is 2. The highest BCUT2D eigenvalue weighted by Crippen LogP contribution is 2.29. The Hall–Kier alpha value is -2.57. The molecule has 6 nitrogen and oxygen atoms in total. The number of urea groups is 1. The second kappa shape index (κ2) is 9.08. The number of benzene rings is 2. The number of nitrogens with two attached hydrogens (primary N) is 1. The van der Waals surface area contributed by atoms with Crippen LogP contribution in [0, 0.1) is 10.8 Å². The number of hydrogen-bond donors (Lipinski definition) is 4. The molecule has 0 saturated heterocycles. The molecule has 8 heteroatoms. The third-order valence-corrected chi connectivity index (χ3v) is 4.66. The van der Waals surface area contributed by atoms with E-state index in [9.17, 15) is 4.79 Å². The molecule has 0 radical (unpaired) electrons. The van der Waals surface area contributed by atoms with Crippen LogP contribution in [0.3, 0.4) is 0 Å². The van der Waals surface area contributed by atoms with Gasteiger partial charge in [-0.25, -0.2) is 9.79 Å². The van der Waals surface area contributed by atoms with Crippen molar-refractivity contribution in [2.45, 2.75) is 27.2 Å². The van der Waals surface area contributed by atoms with Gasteiger partial charge in [0.2, 0.25) is 0 Å². The number of nitrogens with zero attached hydrogens (tertiary/aromatic N) is 1. The van der Waals surface area contributed by atoms with Gasteiger partial charge in [-0.3, -0.25) is 5.32 Å². The summed E-state index contributed by atoms with van der Waals surface area (Å²) in [6.45, 7) is 5.79. The van der Waals surface area contributed by atoms with Gasteiger partial charge in [0.1, 0.15) is 5.84 Å². The lowest BCUT2D eigenvalue weighted by atomic mass is 9.88. The Kier molecular flexibility index (Phi) is 7.05. The number of rotatable bonds is 4. The molecule has 2 aromatic carbocycles. The smallest absolute Gasteiger partial charge is 0.324 e. The first kappa shape index (κ1) is 21.7. The number of carbonyl (C=O) groups is 1. The molecule has 2 rings (SSSR count). The van der Waals surface area contributed by atoms with Crippen LogP contribution >= 0.6 is 23.2 Å². The predicted octanol–water partition coefficient (Wildman–Crippen LogP) is 5.88. The van der Waals surface area contributed by atoms with Crippen LogP contribution in [0.25, 0.3) is 0 Å². The summed E-state index contributed by atoms with van der Waals surface area (Å²) in [5, 5.41) is 14.2. The van der Waals surface area contributed by atoms with Crippen molar-refractivity contribution in [1.29, 1.82) is 5.41 Å². The van der Waals surface area contributed by atoms with Crippen LogP contribution in [0.15, 0.2) is 47.5 Å². The van der Waals surface area contributed by atoms with Crippen molar-refractivity contribution in [1.82, 2.24) is 5.32 Å². The molecule has 0 saturated carbocycles. The second-order valence-corrected chi connectivity index (χ2v) is 8.02. The molecule has 0 aliphatic heterocycles. The van der Waals surface area contributed by atoms with Crippen molar-refractivity contribution in [2.24, 2.45) is 10.4 Å². The number of amidine groups is 1. The lowest BCUT2D eigenvalue weighted by Crippen LogP contribution is -2.37. The van der Waals surface area contributed by atoms with Crippen LogP contribution in [0.1, 0.15) is 27.2 Å². The molecule has 148 valence electrons. The van der Waals surface area contributed by atoms with E-state index in [0.29, 0.717) is 33.6 Å². The fraction of sp³-hybridized carbons (Fsp3) is 0.250. The van der Waals surface area contributed by atoms with E-state index in [1.807, 2.05) is 20.8 Å². The molecule has 0 unspecified atom stereocenters. The van der Waals surface area contributed by atoms with Crippen molar-refractivity contribution in [2.75, 3.05) is 11.1 Å². The van der Waals surface area contributed by atoms with Gasteiger partial charge in [-0.05, 0) is 35.7 Å². The van der Waals surface area contributed by atoms with E-state index in [2.05, 4.69) is 15.6 Å². The van der Waals surface area contributed by atoms with E-state index in [1.165, 1.54) is 0 Å². The van der Waals surface area contributed by atoms with Gasteiger partial charge in [-0.15, -0.1) is 0 Å². The Labute approximate surface area is 174 Å². The standard InChI is InChI=1S/C20H23Cl2N5O/c1-20(2,3)16(24)11-17(25-13-7-4-6-12(23)10-13)27-19(28)26-15-9-5-8-14(21)18(15)22/h4-10,24H,11,23H2,1-3H3,(H2,25,26,27,28). The van der Waals surface area contributed by atoms with Gasteiger partial charge in [0.05, 0.1) is 21.4 Å². The van der Waals surface area contributed by atoms with Gasteiger partial charge in [0.15, 0.2) is 0 Å². The van der Waals surface area contributed by atoms with Crippen molar-refractivity contribution in [3.63, 3.8) is 0 Å². The van der Waals surface area contributed by atoms with Gasteiger partial charge >= 0.3 is 6.03 Å². The van der Waals surface area contributed by atoms with Crippen LogP contribution in [-0.4, -0.2) is 17.6 Å². The summed E-state index contributed by atoms with van der Waals surface area (Å²) in [4.78, 5) is 16.9. The van der Waals surface area contributed by atoms with E-state index >= 15 is 0 Å². The normalized spacial score (nSPS) is 11.8. The first-order valence-corrected chi connectivity index (χ1v) is 9.35. The molecule has 2 aromatic rings. The molecule has 0 heterocycles. The van der Waals surface area contributed by atoms with E-state index in [4.69, 9.17) is 34.3 Å². The summed E-state index contributed by atoms with van der Waals surface area (Å²) in [7, 11) is 0. The van der Waals surface area contributed by atoms with Crippen molar-refractivity contribution >= 4 is 57.8 Å². The minimum atomic E-state index is -0.534. The highest BCUT2D eigenvalue weighted by atomic mass is 35.5. The van der Waals surface area contributed by atoms with Crippen molar-refractivity contribution in [3.8, 4) is 0 Å². The lowest BCUT2D eigenvalue weighted by Gasteiger charge is -2.21. The minimum Gasteiger partial charge on any atom is -0.399 e. The first-order chi connectivity index (χ1) is 13.1. The summed E-state index contributed by atoms with van der Waals surface area (Å²) < 4.78 is 0. The molecule has 0 aliphatic carbocycles. The summed E-state index contributed by atoms with van der Waals surface area (Å²) in [6.07, 6.45) is 0.176. The maximum atomic E-state index is 12.5. The Bertz CT molecular complexity index is 919. The second-order valence-electron chi connectivity index (χ2n) is 7.24. The largest absolute Gasteiger partial charge is 0.399 e. The molecule has 0 aliphatic rings. The predicted molar refractivity (Wildman–Crippen MR) is 118 cm³/mol. The molecule has 0 spiro atoms. The molecule has 0 fully saturated rings. The summed E-state index contributed by atoms with van der Waals surface area (Å²) in [6, 6.07) is 11.4. The summed E-state index contributed by atoms with van der Waals surface area (Å²) in [5.41, 5.74) is 7.39. The maximum absolute atomic E-state index is 12.5. The number of nitrogens with one attached hydrogen (secondary N) is 3. The quantitative estimate of drug-likeness (QED) is 0.282. The Morgan fingerprint density at radius 3 is 2.50 bits per heavy atom. The third kappa shape index (κ3) is 6.25. The molecular weight excluding hydrogens is 397 g/mol. The zero-order valence-electron chi connectivity index (χ0n) is 15.9. The maximum Gasteiger partial charge on any atom is 0.324 e. The average Bonchev–Trinajstić information content (AvgIpc) is 2.58. The summed E-state index contributed by atoms with van der Waals surface area (Å²) >= 11 is 12.1. The van der Waals surface area contributed by atoms with E-state index in [-0.39, 0.29) is 16.9 Å². The zero-order chi connectivity index (χ0) is 20.9. The minimum absolute atomic E-state index is 0.176. The van der Waals surface area contributed by atoms with Gasteiger partial charge in [-0.1, -0.05) is 56.1 Å². The Morgan fingerprint density at radius 1 is 1.18 bits per heavy atom. The molecule has 0 aromatic heterocycles. The molecule has 0 atom stereocenters. The Balaban J connectivity index is 2.24. The topological polar surface area (TPSA) is 103 Å². The van der Waals surface area contributed by atoms with Crippen molar-refractivity contribution < 1.29 is 4.79 Å². The number of carbonyl (C=O) groups excluding carboxylic acids is 1. The molecule has 0 bridgehead atoms. The monoisotopic (exact) mass is 419 g/mol. The Morgan fingerprint density at radius 2 is 1.86 bits per heavy atom. The van der Waals surface area contributed by atoms with Crippen LogP contribution < -0.4 is 16.4 Å². The van der Waals surface area contributed by atoms with Gasteiger partial charge in [0.25, 0.3) is 0 Å². The van der Waals surface area contributed by atoms with Gasteiger partial charge < -0.3 is 16.5 Å². The molecule has 2 amide bonds. The molecular formula is C20H23Cl2N5O. The lowest BCUT2D eigenvalue weighted by molar-refractivity contribution is 0.256. The van der Waals surface area contributed by atoms with Crippen LogP contribution in [0.5, 0.6) is 0 Å². The third-order valence-electron chi connectivity index (χ3n) is 3.84. The van der Waals surface area contributed by atoms with E-state index in [1.54, 1.807) is 42.5 Å². The number of aliphatic imine (C=N–C) groups is 1. The van der Waals surface area contributed by atoms with Crippen molar-refractivity contribution in [3.05, 3.63) is 52.5 Å². The number of amides is 2. The van der Waals surface area contributed by atoms with E-state index < -0.39 is 6.03 Å². The van der Waals surface area contributed by atoms with E-state index in [0.717, 1.165) is 0 Å². The average molecular weight is 420 g/mol. The molecule has 5 N–H and O–H groups in total. The molecule has 28 heavy (non-hydrogen) atoms. The van der Waals surface area contributed by atoms with Crippen LogP contribution in [0.4, 0.5) is 21.9 Å².